The quantitative estimate of drug-likeness (QED) is 0.0232. The maximum Gasteiger partial charge on any atom is 0.255 e. The number of nitrogens with two attached hydrogens (primary N) is 5. The van der Waals surface area contributed by atoms with E-state index in [0.29, 0.717) is 70.3 Å². The minimum Gasteiger partial charge on any atom is -0.507 e. The number of carbonyl (C=O) groups is 8. The van der Waals surface area contributed by atoms with Crippen LogP contribution in [0.1, 0.15) is 132 Å². The molecule has 0 aliphatic heterocycles. The summed E-state index contributed by atoms with van der Waals surface area (Å²) in [6, 6.07) is 12.8. The number of rotatable bonds is 34. The van der Waals surface area contributed by atoms with Crippen LogP contribution in [0.15, 0.2) is 72.8 Å². The van der Waals surface area contributed by atoms with Crippen LogP contribution in [-0.2, 0) is 19.2 Å². The Morgan fingerprint density at radius 2 is 0.762 bits per heavy atom. The molecular formula is C56H78N12O12. The van der Waals surface area contributed by atoms with E-state index in [-0.39, 0.29) is 81.6 Å². The first-order chi connectivity index (χ1) is 38.4. The second kappa shape index (κ2) is 33.2. The molecule has 0 aliphatic rings. The van der Waals surface area contributed by atoms with E-state index in [9.17, 15) is 43.5 Å². The Morgan fingerprint density at radius 3 is 1.09 bits per heavy atom. The Labute approximate surface area is 465 Å². The van der Waals surface area contributed by atoms with E-state index in [1.54, 1.807) is 6.07 Å². The van der Waals surface area contributed by atoms with Gasteiger partial charge in [0.25, 0.3) is 23.6 Å². The topological polar surface area (TPSA) is 399 Å². The number of nitrogens with one attached hydrogen (secondary N) is 7. The molecule has 4 aromatic rings. The van der Waals surface area contributed by atoms with Gasteiger partial charge in [-0.25, -0.2) is 0 Å². The van der Waals surface area contributed by atoms with E-state index in [0.717, 1.165) is 19.3 Å². The molecule has 0 aliphatic carbocycles. The molecule has 0 bridgehead atoms. The number of carbonyl (C=O) groups excluding carboxylic acids is 8. The number of benzene rings is 4. The van der Waals surface area contributed by atoms with Gasteiger partial charge in [-0.3, -0.25) is 38.4 Å². The Bertz CT molecular complexity index is 2780. The van der Waals surface area contributed by atoms with E-state index >= 15 is 0 Å². The Morgan fingerprint density at radius 1 is 0.450 bits per heavy atom. The molecule has 0 spiro atoms. The molecule has 24 heteroatoms. The van der Waals surface area contributed by atoms with Gasteiger partial charge in [0.15, 0.2) is 0 Å². The molecular weight excluding hydrogens is 1030 g/mol. The van der Waals surface area contributed by atoms with Gasteiger partial charge in [0.1, 0.15) is 41.1 Å². The largest absolute Gasteiger partial charge is 0.507 e. The third-order valence-electron chi connectivity index (χ3n) is 12.8. The van der Waals surface area contributed by atoms with Crippen molar-refractivity contribution in [1.82, 2.24) is 16.0 Å². The standard InChI is InChI=1S/C56H78N12O12/c1-5-6-7-15-42(66-50(71)38-30-34(19-23-46(38)78-2)62-53(74)41(60)14-8-11-26-57)54(75)64-35-20-24-47(79-3)39(31-35)52(73)68-44(17-10-13-28-59)56(77)65-36-21-25-48(80-4)40(32-36)51(72)67-43(16-9-12-27-58)55(76)63-33-18-22-45(69)37(29-33)49(61)70/h18-25,29-32,41-44,69H,5-17,26-28,57-60H2,1-4H3,(H2,61,70)(H,62,74)(H,63,76)(H,64,75)(H,65,77)(H,66,71)(H,67,72)(H,68,73). The fourth-order valence-electron chi connectivity index (χ4n) is 8.36. The second-order valence-corrected chi connectivity index (χ2v) is 18.8. The predicted molar refractivity (Wildman–Crippen MR) is 305 cm³/mol. The molecule has 4 atom stereocenters. The molecule has 434 valence electrons. The van der Waals surface area contributed by atoms with Gasteiger partial charge in [0.2, 0.25) is 23.6 Å². The van der Waals surface area contributed by atoms with Gasteiger partial charge in [0.05, 0.1) is 49.6 Å². The average Bonchev–Trinajstić information content (AvgIpc) is 3.45. The molecule has 4 rings (SSSR count). The highest BCUT2D eigenvalue weighted by Gasteiger charge is 2.29. The lowest BCUT2D eigenvalue weighted by molar-refractivity contribution is -0.118. The van der Waals surface area contributed by atoms with Crippen LogP contribution in [0.4, 0.5) is 22.7 Å². The summed E-state index contributed by atoms with van der Waals surface area (Å²) in [5.74, 6) is -5.33. The van der Waals surface area contributed by atoms with Crippen molar-refractivity contribution in [3.63, 3.8) is 0 Å². The highest BCUT2D eigenvalue weighted by molar-refractivity contribution is 6.07. The summed E-state index contributed by atoms with van der Waals surface area (Å²) in [5.41, 5.74) is 29.0. The zero-order valence-electron chi connectivity index (χ0n) is 45.9. The summed E-state index contributed by atoms with van der Waals surface area (Å²) >= 11 is 0. The smallest absolute Gasteiger partial charge is 0.255 e. The molecule has 0 saturated carbocycles. The highest BCUT2D eigenvalue weighted by Crippen LogP contribution is 2.28. The summed E-state index contributed by atoms with van der Waals surface area (Å²) < 4.78 is 16.5. The molecule has 24 nitrogen and oxygen atoms in total. The molecule has 0 aromatic heterocycles. The van der Waals surface area contributed by atoms with E-state index < -0.39 is 71.4 Å². The number of primary amides is 1. The van der Waals surface area contributed by atoms with Gasteiger partial charge in [-0.2, -0.15) is 0 Å². The lowest BCUT2D eigenvalue weighted by atomic mass is 10.0. The molecule has 18 N–H and O–H groups in total. The maximum atomic E-state index is 14.2. The van der Waals surface area contributed by atoms with Crippen molar-refractivity contribution in [2.24, 2.45) is 28.7 Å². The SMILES string of the molecule is CCCCCC(NC(=O)c1cc(NC(=O)C(N)CCCCN)ccc1OC)C(=O)Nc1ccc(OC)c(C(=O)NC(CCCCN)C(=O)Nc2ccc(OC)c(C(=O)NC(CCCCN)C(=O)Nc3ccc(O)c(C(N)=O)c3)c2)c1. The zero-order valence-corrected chi connectivity index (χ0v) is 45.9. The molecule has 0 fully saturated rings. The number of ether oxygens (including phenoxy) is 3. The fraction of sp³-hybridized carbons (Fsp3) is 0.429. The van der Waals surface area contributed by atoms with Crippen molar-refractivity contribution in [3.8, 4) is 23.0 Å². The fourth-order valence-corrected chi connectivity index (χ4v) is 8.36. The van der Waals surface area contributed by atoms with Crippen molar-refractivity contribution < 1.29 is 57.7 Å². The lowest BCUT2D eigenvalue weighted by Gasteiger charge is -2.22. The predicted octanol–water partition coefficient (Wildman–Crippen LogP) is 3.96. The van der Waals surface area contributed by atoms with Crippen LogP contribution < -0.4 is 80.1 Å². The third kappa shape index (κ3) is 19.5. The number of hydrogen-bond donors (Lipinski definition) is 13. The minimum absolute atomic E-state index is 0.0385. The summed E-state index contributed by atoms with van der Waals surface area (Å²) in [7, 11) is 4.08. The first-order valence-corrected chi connectivity index (χ1v) is 26.6. The van der Waals surface area contributed by atoms with Crippen LogP contribution in [0.5, 0.6) is 23.0 Å². The van der Waals surface area contributed by atoms with Crippen molar-refractivity contribution in [2.75, 3.05) is 62.2 Å². The van der Waals surface area contributed by atoms with E-state index in [4.69, 9.17) is 42.9 Å². The number of aromatic hydroxyl groups is 1. The summed E-state index contributed by atoms with van der Waals surface area (Å²) in [6.07, 6.45) is 6.50. The van der Waals surface area contributed by atoms with Crippen LogP contribution in [0.3, 0.4) is 0 Å². The van der Waals surface area contributed by atoms with Gasteiger partial charge in [-0.05, 0) is 150 Å². The third-order valence-corrected chi connectivity index (χ3v) is 12.8. The van der Waals surface area contributed by atoms with Crippen LogP contribution in [0.2, 0.25) is 0 Å². The lowest BCUT2D eigenvalue weighted by Crippen LogP contribution is -2.44. The normalized spacial score (nSPS) is 12.3. The number of anilines is 4. The first-order valence-electron chi connectivity index (χ1n) is 26.6. The number of hydrogen-bond acceptors (Lipinski definition) is 16. The molecule has 8 amide bonds. The first kappa shape index (κ1) is 64.2. The number of methoxy groups -OCH3 is 3. The van der Waals surface area contributed by atoms with Gasteiger partial charge >= 0.3 is 0 Å². The van der Waals surface area contributed by atoms with E-state index in [2.05, 4.69) is 37.2 Å². The van der Waals surface area contributed by atoms with Crippen molar-refractivity contribution in [3.05, 3.63) is 95.1 Å². The van der Waals surface area contributed by atoms with Gasteiger partial charge in [-0.15, -0.1) is 0 Å². The summed E-state index contributed by atoms with van der Waals surface area (Å²) in [5, 5.41) is 29.3. The monoisotopic (exact) mass is 1110 g/mol. The summed E-state index contributed by atoms with van der Waals surface area (Å²) in [4.78, 5) is 109. The second-order valence-electron chi connectivity index (χ2n) is 18.8. The molecule has 0 radical (unpaired) electrons. The minimum atomic E-state index is -1.16. The summed E-state index contributed by atoms with van der Waals surface area (Å²) in [6.45, 7) is 3.12. The number of unbranched alkanes of at least 4 members (excludes halogenated alkanes) is 5. The van der Waals surface area contributed by atoms with Gasteiger partial charge in [-0.1, -0.05) is 32.6 Å². The highest BCUT2D eigenvalue weighted by atomic mass is 16.5. The van der Waals surface area contributed by atoms with Crippen molar-refractivity contribution in [2.45, 2.75) is 115 Å². The zero-order chi connectivity index (χ0) is 58.7. The van der Waals surface area contributed by atoms with Crippen LogP contribution in [0.25, 0.3) is 0 Å². The number of phenols is 1. The van der Waals surface area contributed by atoms with Crippen LogP contribution in [0, 0.1) is 0 Å². The van der Waals surface area contributed by atoms with E-state index in [1.165, 1.54) is 88.1 Å². The van der Waals surface area contributed by atoms with E-state index in [1.807, 2.05) is 6.92 Å². The maximum absolute atomic E-state index is 14.2. The molecule has 0 saturated heterocycles. The van der Waals surface area contributed by atoms with Crippen LogP contribution >= 0.6 is 0 Å². The Balaban J connectivity index is 1.55. The molecule has 4 unspecified atom stereocenters. The average molecular weight is 1110 g/mol. The van der Waals surface area contributed by atoms with Crippen molar-refractivity contribution in [1.29, 1.82) is 0 Å². The van der Waals surface area contributed by atoms with Crippen molar-refractivity contribution >= 4 is 70.0 Å². The molecule has 4 aromatic carbocycles. The van der Waals surface area contributed by atoms with Crippen LogP contribution in [-0.4, -0.2) is 117 Å². The Kier molecular flexibility index (Phi) is 26.6. The van der Waals surface area contributed by atoms with Gasteiger partial charge in [0, 0.05) is 22.7 Å². The Hall–Kier alpha value is -8.32. The molecule has 0 heterocycles. The number of amides is 8. The van der Waals surface area contributed by atoms with Gasteiger partial charge < -0.3 is 85.2 Å². The molecule has 80 heavy (non-hydrogen) atoms.